The van der Waals surface area contributed by atoms with Crippen LogP contribution in [-0.2, 0) is 0 Å². The first kappa shape index (κ1) is 14.6. The molecule has 0 radical (unpaired) electrons. The minimum absolute atomic E-state index is 0.0629. The van der Waals surface area contributed by atoms with Gasteiger partial charge in [-0.05, 0) is 6.07 Å². The van der Waals surface area contributed by atoms with Crippen molar-refractivity contribution in [2.24, 2.45) is 0 Å². The summed E-state index contributed by atoms with van der Waals surface area (Å²) in [6.45, 7) is 0. The van der Waals surface area contributed by atoms with Crippen molar-refractivity contribution in [3.05, 3.63) is 95.5 Å². The molecule has 0 bridgehead atoms. The van der Waals surface area contributed by atoms with E-state index in [9.17, 15) is 19.2 Å². The number of benzene rings is 4. The predicted octanol–water partition coefficient (Wildman–Crippen LogP) is 2.01. The van der Waals surface area contributed by atoms with Gasteiger partial charge in [0.05, 0.1) is 10.8 Å². The third-order valence-electron chi connectivity index (χ3n) is 4.77. The van der Waals surface area contributed by atoms with Gasteiger partial charge in [-0.15, -0.1) is 0 Å². The fourth-order valence-electron chi connectivity index (χ4n) is 3.51. The van der Waals surface area contributed by atoms with E-state index in [4.69, 9.17) is 0 Å². The molecule has 1 heterocycles. The molecule has 4 aromatic carbocycles. The number of aromatic nitrogens is 1. The van der Waals surface area contributed by atoms with Crippen LogP contribution >= 0.6 is 0 Å². The first-order valence-corrected chi connectivity index (χ1v) is 8.00. The Morgan fingerprint density at radius 2 is 0.808 bits per heavy atom. The zero-order chi connectivity index (χ0) is 18.0. The average molecular weight is 339 g/mol. The van der Waals surface area contributed by atoms with Crippen molar-refractivity contribution in [3.63, 3.8) is 0 Å². The van der Waals surface area contributed by atoms with E-state index in [0.717, 1.165) is 0 Å². The quantitative estimate of drug-likeness (QED) is 0.403. The molecule has 0 spiro atoms. The largest absolute Gasteiger partial charge is 0.288 e. The van der Waals surface area contributed by atoms with E-state index in [-0.39, 0.29) is 54.2 Å². The minimum atomic E-state index is -0.419. The Morgan fingerprint density at radius 3 is 1.19 bits per heavy atom. The maximum absolute atomic E-state index is 12.8. The number of hydrogen-bond acceptors (Lipinski definition) is 5. The molecule has 0 fully saturated rings. The topological polar surface area (TPSA) is 81.2 Å². The van der Waals surface area contributed by atoms with Crippen LogP contribution in [0.15, 0.2) is 73.8 Å². The van der Waals surface area contributed by atoms with Crippen LogP contribution in [0.3, 0.4) is 0 Å². The third kappa shape index (κ3) is 1.71. The summed E-state index contributed by atoms with van der Waals surface area (Å²) in [5.74, 6) is 0. The molecule has 0 saturated heterocycles. The smallest absolute Gasteiger partial charge is 0.212 e. The van der Waals surface area contributed by atoms with Gasteiger partial charge in [-0.2, -0.15) is 0 Å². The van der Waals surface area contributed by atoms with E-state index in [1.807, 2.05) is 0 Å². The summed E-state index contributed by atoms with van der Waals surface area (Å²) < 4.78 is 0. The molecule has 0 aliphatic rings. The van der Waals surface area contributed by atoms with Gasteiger partial charge in [-0.25, -0.2) is 4.98 Å². The number of pyridine rings is 1. The lowest BCUT2D eigenvalue weighted by molar-refractivity contribution is 1.45. The molecule has 0 unspecified atom stereocenters. The van der Waals surface area contributed by atoms with E-state index in [1.54, 1.807) is 48.5 Å². The van der Waals surface area contributed by atoms with Gasteiger partial charge < -0.3 is 0 Å². The minimum Gasteiger partial charge on any atom is -0.288 e. The Kier molecular flexibility index (Phi) is 2.75. The Bertz CT molecular complexity index is 1370. The molecular weight excluding hydrogens is 330 g/mol. The van der Waals surface area contributed by atoms with Crippen LogP contribution in [0.4, 0.5) is 0 Å². The van der Waals surface area contributed by atoms with Crippen molar-refractivity contribution in [2.75, 3.05) is 0 Å². The second-order valence-corrected chi connectivity index (χ2v) is 6.19. The van der Waals surface area contributed by atoms with E-state index >= 15 is 0 Å². The molecule has 5 nitrogen and oxygen atoms in total. The zero-order valence-corrected chi connectivity index (χ0v) is 13.3. The summed E-state index contributed by atoms with van der Waals surface area (Å²) in [5.41, 5.74) is -1.73. The zero-order valence-electron chi connectivity index (χ0n) is 13.3. The van der Waals surface area contributed by atoms with Crippen molar-refractivity contribution in [1.82, 2.24) is 4.98 Å². The van der Waals surface area contributed by atoms with Gasteiger partial charge in [0.1, 0.15) is 11.0 Å². The molecule has 5 heteroatoms. The molecular formula is C21H9NO4. The average Bonchev–Trinajstić information content (AvgIpc) is 2.69. The Morgan fingerprint density at radius 1 is 0.462 bits per heavy atom. The third-order valence-corrected chi connectivity index (χ3v) is 4.77. The van der Waals surface area contributed by atoms with Crippen molar-refractivity contribution in [1.29, 1.82) is 0 Å². The van der Waals surface area contributed by atoms with E-state index in [0.29, 0.717) is 0 Å². The fraction of sp³-hybridized carbons (Fsp3) is 0. The Balaban J connectivity index is 2.16. The van der Waals surface area contributed by atoms with E-state index < -0.39 is 10.9 Å². The molecule has 26 heavy (non-hydrogen) atoms. The monoisotopic (exact) mass is 339 g/mol. The molecule has 0 saturated carbocycles. The van der Waals surface area contributed by atoms with Gasteiger partial charge in [-0.3, -0.25) is 19.2 Å². The lowest BCUT2D eigenvalue weighted by Gasteiger charge is -2.04. The number of fused-ring (bicyclic) bond motifs is 4. The van der Waals surface area contributed by atoms with Crippen LogP contribution in [0.25, 0.3) is 43.4 Å². The highest BCUT2D eigenvalue weighted by atomic mass is 16.1. The second-order valence-electron chi connectivity index (χ2n) is 6.19. The standard InChI is InChI=1S/C21H9NO4/c23-18-10-5-1-3-7-12(10)20(25)16-14(18)9-15-17(22-16)21(26)13-8-4-2-6-11(13)19(15)24/h1-9H. The molecule has 0 N–H and O–H groups in total. The summed E-state index contributed by atoms with van der Waals surface area (Å²) in [7, 11) is 0. The first-order chi connectivity index (χ1) is 12.6. The highest BCUT2D eigenvalue weighted by Gasteiger charge is 2.17. The van der Waals surface area contributed by atoms with Crippen molar-refractivity contribution in [3.8, 4) is 0 Å². The highest BCUT2D eigenvalue weighted by Crippen LogP contribution is 2.17. The SMILES string of the molecule is O=c1c2ccccc2c(=O)c2nc3c(=O)c4ccccc4c(=O)c3cc12. The maximum Gasteiger partial charge on any atom is 0.212 e. The maximum atomic E-state index is 12.8. The van der Waals surface area contributed by atoms with Crippen LogP contribution in [0.2, 0.25) is 0 Å². The van der Waals surface area contributed by atoms with Crippen molar-refractivity contribution >= 4 is 43.4 Å². The number of hydrogen-bond donors (Lipinski definition) is 0. The summed E-state index contributed by atoms with van der Waals surface area (Å²) in [6, 6.07) is 14.3. The van der Waals surface area contributed by atoms with Gasteiger partial charge in [0, 0.05) is 21.5 Å². The van der Waals surface area contributed by atoms with Crippen molar-refractivity contribution in [2.45, 2.75) is 0 Å². The van der Waals surface area contributed by atoms with Crippen LogP contribution in [0, 0.1) is 0 Å². The Hall–Kier alpha value is -3.73. The highest BCUT2D eigenvalue weighted by molar-refractivity contribution is 6.04. The van der Waals surface area contributed by atoms with E-state index in [1.165, 1.54) is 6.07 Å². The summed E-state index contributed by atoms with van der Waals surface area (Å²) in [5, 5.41) is 1.20. The summed E-state index contributed by atoms with van der Waals surface area (Å²) in [4.78, 5) is 55.3. The molecule has 5 rings (SSSR count). The molecule has 0 atom stereocenters. The molecule has 0 amide bonds. The van der Waals surface area contributed by atoms with Crippen LogP contribution in [0.1, 0.15) is 0 Å². The van der Waals surface area contributed by atoms with Crippen LogP contribution in [-0.4, -0.2) is 4.98 Å². The molecule has 122 valence electrons. The molecule has 0 aliphatic carbocycles. The second kappa shape index (κ2) is 4.89. The lowest BCUT2D eigenvalue weighted by atomic mass is 10.0. The fourth-order valence-corrected chi connectivity index (χ4v) is 3.51. The normalized spacial score (nSPS) is 11.7. The van der Waals surface area contributed by atoms with Crippen LogP contribution < -0.4 is 21.7 Å². The lowest BCUT2D eigenvalue weighted by Crippen LogP contribution is -2.19. The Labute approximate surface area is 144 Å². The van der Waals surface area contributed by atoms with Gasteiger partial charge in [-0.1, -0.05) is 48.5 Å². The molecule has 1 aromatic heterocycles. The van der Waals surface area contributed by atoms with Gasteiger partial charge in [0.15, 0.2) is 10.9 Å². The van der Waals surface area contributed by atoms with Gasteiger partial charge >= 0.3 is 0 Å². The number of nitrogens with zero attached hydrogens (tertiary/aromatic N) is 1. The summed E-state index contributed by atoms with van der Waals surface area (Å²) in [6.07, 6.45) is 0. The van der Waals surface area contributed by atoms with E-state index in [2.05, 4.69) is 4.98 Å². The van der Waals surface area contributed by atoms with Gasteiger partial charge in [0.25, 0.3) is 0 Å². The number of rotatable bonds is 0. The van der Waals surface area contributed by atoms with Crippen molar-refractivity contribution < 1.29 is 0 Å². The first-order valence-electron chi connectivity index (χ1n) is 8.00. The van der Waals surface area contributed by atoms with Crippen LogP contribution in [0.5, 0.6) is 0 Å². The molecule has 0 aliphatic heterocycles. The molecule has 5 aromatic rings. The predicted molar refractivity (Wildman–Crippen MR) is 102 cm³/mol. The van der Waals surface area contributed by atoms with Gasteiger partial charge in [0.2, 0.25) is 10.9 Å². The summed E-state index contributed by atoms with van der Waals surface area (Å²) >= 11 is 0.